The molecule has 28 heavy (non-hydrogen) atoms. The Morgan fingerprint density at radius 3 is 2.21 bits per heavy atom. The summed E-state index contributed by atoms with van der Waals surface area (Å²) in [5, 5.41) is 0. The summed E-state index contributed by atoms with van der Waals surface area (Å²) >= 11 is 0. The molecule has 2 aliphatic heterocycles. The number of piperidine rings is 1. The van der Waals surface area contributed by atoms with Gasteiger partial charge < -0.3 is 14.2 Å². The second kappa shape index (κ2) is 10.9. The zero-order valence-corrected chi connectivity index (χ0v) is 18.6. The van der Waals surface area contributed by atoms with Gasteiger partial charge in [-0.15, -0.1) is 24.8 Å². The Labute approximate surface area is 181 Å². The molecule has 0 amide bonds. The second-order valence-corrected chi connectivity index (χ2v) is 7.97. The summed E-state index contributed by atoms with van der Waals surface area (Å²) in [5.41, 5.74) is 1.31. The molecule has 5 nitrogen and oxygen atoms in total. The van der Waals surface area contributed by atoms with Gasteiger partial charge in [0.2, 0.25) is 0 Å². The molecule has 2 bridgehead atoms. The van der Waals surface area contributed by atoms with Crippen molar-refractivity contribution in [3.05, 3.63) is 23.8 Å². The minimum atomic E-state index is 0. The number of benzene rings is 1. The van der Waals surface area contributed by atoms with Gasteiger partial charge in [0.15, 0.2) is 11.5 Å². The van der Waals surface area contributed by atoms with Crippen molar-refractivity contribution in [1.82, 2.24) is 9.80 Å². The lowest BCUT2D eigenvalue weighted by molar-refractivity contribution is -0.0623. The monoisotopic (exact) mass is 432 g/mol. The number of halogens is 2. The summed E-state index contributed by atoms with van der Waals surface area (Å²) in [5.74, 6) is 3.24. The highest BCUT2D eigenvalue weighted by Crippen LogP contribution is 2.39. The Hall–Kier alpha value is -0.720. The lowest BCUT2D eigenvalue weighted by Gasteiger charge is -2.52. The van der Waals surface area contributed by atoms with Gasteiger partial charge in [-0.3, -0.25) is 9.80 Å². The Morgan fingerprint density at radius 1 is 0.964 bits per heavy atom. The maximum absolute atomic E-state index is 5.58. The first-order chi connectivity index (χ1) is 12.8. The van der Waals surface area contributed by atoms with Crippen LogP contribution in [0.2, 0.25) is 0 Å². The molecule has 0 spiro atoms. The summed E-state index contributed by atoms with van der Waals surface area (Å²) in [6.07, 6.45) is 4.16. The van der Waals surface area contributed by atoms with E-state index >= 15 is 0 Å². The van der Waals surface area contributed by atoms with Crippen LogP contribution in [0.3, 0.4) is 0 Å². The van der Waals surface area contributed by atoms with Crippen LogP contribution in [0.15, 0.2) is 18.2 Å². The maximum atomic E-state index is 5.58. The topological polar surface area (TPSA) is 34.2 Å². The molecule has 1 aromatic carbocycles. The molecule has 2 unspecified atom stereocenters. The van der Waals surface area contributed by atoms with Crippen molar-refractivity contribution in [2.75, 3.05) is 53.6 Å². The van der Waals surface area contributed by atoms with Crippen LogP contribution in [0, 0.1) is 11.8 Å². The Morgan fingerprint density at radius 2 is 1.61 bits per heavy atom. The molecule has 7 heteroatoms. The lowest BCUT2D eigenvalue weighted by atomic mass is 9.72. The van der Waals surface area contributed by atoms with E-state index in [0.29, 0.717) is 0 Å². The van der Waals surface area contributed by atoms with E-state index in [1.807, 2.05) is 6.07 Å². The Bertz CT molecular complexity index is 599. The van der Waals surface area contributed by atoms with E-state index in [0.717, 1.165) is 62.2 Å². The molecule has 2 heterocycles. The predicted octanol–water partition coefficient (Wildman–Crippen LogP) is 3.48. The summed E-state index contributed by atoms with van der Waals surface area (Å²) in [6.45, 7) is 7.49. The number of methoxy groups -OCH3 is 2. The third kappa shape index (κ3) is 5.06. The minimum Gasteiger partial charge on any atom is -0.493 e. The highest BCUT2D eigenvalue weighted by atomic mass is 35.5. The number of likely N-dealkylation sites (tertiary alicyclic amines) is 1. The molecule has 1 aromatic rings. The third-order valence-electron chi connectivity index (χ3n) is 6.42. The van der Waals surface area contributed by atoms with Crippen LogP contribution in [-0.4, -0.2) is 69.5 Å². The van der Waals surface area contributed by atoms with E-state index in [2.05, 4.69) is 21.9 Å². The first-order valence-electron chi connectivity index (χ1n) is 10.0. The zero-order valence-electron chi connectivity index (χ0n) is 17.0. The van der Waals surface area contributed by atoms with Crippen molar-refractivity contribution in [1.29, 1.82) is 0 Å². The molecule has 3 fully saturated rings. The highest BCUT2D eigenvalue weighted by Gasteiger charge is 2.42. The molecule has 3 aliphatic rings. The normalized spacial score (nSPS) is 28.0. The third-order valence-corrected chi connectivity index (χ3v) is 6.42. The van der Waals surface area contributed by atoms with Crippen molar-refractivity contribution in [3.63, 3.8) is 0 Å². The van der Waals surface area contributed by atoms with Crippen LogP contribution < -0.4 is 9.47 Å². The van der Waals surface area contributed by atoms with Crippen LogP contribution in [0.1, 0.15) is 24.8 Å². The number of hydrogen-bond donors (Lipinski definition) is 0. The average Bonchev–Trinajstić information content (AvgIpc) is 2.68. The highest BCUT2D eigenvalue weighted by molar-refractivity contribution is 5.85. The number of ether oxygens (including phenoxy) is 3. The van der Waals surface area contributed by atoms with Crippen LogP contribution in [-0.2, 0) is 11.3 Å². The fourth-order valence-corrected chi connectivity index (χ4v) is 5.34. The van der Waals surface area contributed by atoms with Crippen LogP contribution >= 0.6 is 24.8 Å². The summed E-state index contributed by atoms with van der Waals surface area (Å²) in [4.78, 5) is 5.39. The van der Waals surface area contributed by atoms with Crippen molar-refractivity contribution < 1.29 is 14.2 Å². The minimum absolute atomic E-state index is 0. The van der Waals surface area contributed by atoms with Gasteiger partial charge in [0.05, 0.1) is 27.4 Å². The van der Waals surface area contributed by atoms with Gasteiger partial charge in [0.25, 0.3) is 0 Å². The number of hydrogen-bond acceptors (Lipinski definition) is 5. The number of rotatable bonds is 5. The van der Waals surface area contributed by atoms with E-state index in [1.54, 1.807) is 14.2 Å². The van der Waals surface area contributed by atoms with Crippen molar-refractivity contribution in [3.8, 4) is 11.5 Å². The number of nitrogens with zero attached hydrogens (tertiary/aromatic N) is 2. The van der Waals surface area contributed by atoms with Crippen molar-refractivity contribution in [2.24, 2.45) is 11.8 Å². The molecule has 2 atom stereocenters. The first kappa shape index (κ1) is 23.6. The standard InChI is InChI=1S/C21H32N2O3.2ClH/c1-24-19-7-6-16(12-20(19)25-2)13-22-14-17-4-3-5-18(15-22)21(17)23-8-10-26-11-9-23;;/h6-7,12,17-18,21H,3-5,8-11,13-15H2,1-2H3;2*1H. The van der Waals surface area contributed by atoms with Gasteiger partial charge in [0, 0.05) is 38.8 Å². The Kier molecular flexibility index (Phi) is 9.16. The van der Waals surface area contributed by atoms with Crippen LogP contribution in [0.25, 0.3) is 0 Å². The number of morpholine rings is 1. The smallest absolute Gasteiger partial charge is 0.161 e. The molecule has 0 aromatic heterocycles. The molecule has 0 radical (unpaired) electrons. The van der Waals surface area contributed by atoms with Gasteiger partial charge >= 0.3 is 0 Å². The van der Waals surface area contributed by atoms with Gasteiger partial charge in [-0.05, 0) is 42.4 Å². The molecule has 0 N–H and O–H groups in total. The fraction of sp³-hybridized carbons (Fsp3) is 0.714. The van der Waals surface area contributed by atoms with E-state index in [-0.39, 0.29) is 24.8 Å². The summed E-state index contributed by atoms with van der Waals surface area (Å²) < 4.78 is 16.4. The molecule has 4 rings (SSSR count). The SMILES string of the molecule is COc1ccc(CN2CC3CCCC(C2)C3N2CCOCC2)cc1OC.Cl.Cl. The van der Waals surface area contributed by atoms with Gasteiger partial charge in [-0.25, -0.2) is 0 Å². The van der Waals surface area contributed by atoms with E-state index in [4.69, 9.17) is 14.2 Å². The molecule has 1 aliphatic carbocycles. The van der Waals surface area contributed by atoms with Crippen LogP contribution in [0.5, 0.6) is 11.5 Å². The largest absolute Gasteiger partial charge is 0.493 e. The number of fused-ring (bicyclic) bond motifs is 2. The average molecular weight is 433 g/mol. The van der Waals surface area contributed by atoms with Crippen molar-refractivity contribution in [2.45, 2.75) is 31.8 Å². The maximum Gasteiger partial charge on any atom is 0.161 e. The van der Waals surface area contributed by atoms with Gasteiger partial charge in [0.1, 0.15) is 0 Å². The Balaban J connectivity index is 0.00000140. The zero-order chi connectivity index (χ0) is 17.9. The molecule has 2 saturated heterocycles. The van der Waals surface area contributed by atoms with Gasteiger partial charge in [-0.1, -0.05) is 12.5 Å². The lowest BCUT2D eigenvalue weighted by Crippen LogP contribution is -2.59. The van der Waals surface area contributed by atoms with Crippen LogP contribution in [0.4, 0.5) is 0 Å². The predicted molar refractivity (Wildman–Crippen MR) is 116 cm³/mol. The van der Waals surface area contributed by atoms with E-state index in [1.165, 1.54) is 37.9 Å². The van der Waals surface area contributed by atoms with Gasteiger partial charge in [-0.2, -0.15) is 0 Å². The first-order valence-corrected chi connectivity index (χ1v) is 10.0. The quantitative estimate of drug-likeness (QED) is 0.711. The summed E-state index contributed by atoms with van der Waals surface area (Å²) in [7, 11) is 3.40. The summed E-state index contributed by atoms with van der Waals surface area (Å²) in [6, 6.07) is 7.10. The molecule has 160 valence electrons. The second-order valence-electron chi connectivity index (χ2n) is 7.97. The van der Waals surface area contributed by atoms with Crippen molar-refractivity contribution >= 4 is 24.8 Å². The molecular weight excluding hydrogens is 399 g/mol. The van der Waals surface area contributed by atoms with E-state index in [9.17, 15) is 0 Å². The molecule has 1 saturated carbocycles. The molecular formula is C21H34Cl2N2O3. The van der Waals surface area contributed by atoms with E-state index < -0.39 is 0 Å². The fourth-order valence-electron chi connectivity index (χ4n) is 5.34.